The Kier molecular flexibility index (Phi) is 5.10. The molecule has 0 unspecified atom stereocenters. The second-order valence-corrected chi connectivity index (χ2v) is 2.14. The molecule has 5 N–H and O–H groups in total. The van der Waals surface area contributed by atoms with Gasteiger partial charge in [0.25, 0.3) is 0 Å². The van der Waals surface area contributed by atoms with E-state index in [2.05, 4.69) is 4.99 Å². The Bertz CT molecular complexity index is 147. The first-order valence-corrected chi connectivity index (χ1v) is 3.37. The Hall–Kier alpha value is -1.10. The molecule has 0 amide bonds. The van der Waals surface area contributed by atoms with E-state index < -0.39 is 12.0 Å². The third-order valence-corrected chi connectivity index (χ3v) is 1.22. The Morgan fingerprint density at radius 2 is 2.36 bits per heavy atom. The summed E-state index contributed by atoms with van der Waals surface area (Å²) in [6.45, 7) is 0.539. The molecule has 64 valence electrons. The molecule has 0 aliphatic rings. The lowest BCUT2D eigenvalue weighted by Crippen LogP contribution is -2.29. The van der Waals surface area contributed by atoms with Crippen LogP contribution < -0.4 is 11.5 Å². The van der Waals surface area contributed by atoms with Crippen LogP contribution in [0.2, 0.25) is 0 Å². The molecule has 0 aliphatic carbocycles. The van der Waals surface area contributed by atoms with Crippen molar-refractivity contribution in [2.75, 3.05) is 6.54 Å². The first kappa shape index (κ1) is 9.90. The summed E-state index contributed by atoms with van der Waals surface area (Å²) in [4.78, 5) is 13.9. The summed E-state index contributed by atoms with van der Waals surface area (Å²) in [5.74, 6) is -0.971. The monoisotopic (exact) mass is 159 g/mol. The van der Waals surface area contributed by atoms with Crippen LogP contribution in [-0.4, -0.2) is 30.0 Å². The molecule has 0 spiro atoms. The van der Waals surface area contributed by atoms with E-state index in [9.17, 15) is 4.79 Å². The Labute approximate surface area is 65.1 Å². The molecule has 0 fully saturated rings. The molecule has 0 aliphatic heterocycles. The molecule has 0 saturated heterocycles. The molecule has 0 aromatic heterocycles. The lowest BCUT2D eigenvalue weighted by atomic mass is 10.2. The summed E-state index contributed by atoms with van der Waals surface area (Å²) in [5.41, 5.74) is 10.2. The van der Waals surface area contributed by atoms with Gasteiger partial charge in [0.2, 0.25) is 0 Å². The lowest BCUT2D eigenvalue weighted by molar-refractivity contribution is -0.138. The first-order chi connectivity index (χ1) is 5.18. The summed E-state index contributed by atoms with van der Waals surface area (Å²) >= 11 is 0. The number of carbonyl (C=O) groups is 1. The number of nitrogens with zero attached hydrogens (tertiary/aromatic N) is 1. The van der Waals surface area contributed by atoms with Crippen LogP contribution in [-0.2, 0) is 4.79 Å². The van der Waals surface area contributed by atoms with Gasteiger partial charge in [-0.1, -0.05) is 0 Å². The Morgan fingerprint density at radius 3 is 2.82 bits per heavy atom. The molecular formula is C6H13N3O2. The smallest absolute Gasteiger partial charge is 0.320 e. The maximum absolute atomic E-state index is 10.2. The van der Waals surface area contributed by atoms with E-state index >= 15 is 0 Å². The fourth-order valence-corrected chi connectivity index (χ4v) is 0.600. The quantitative estimate of drug-likeness (QED) is 0.276. The van der Waals surface area contributed by atoms with Crippen LogP contribution in [0.15, 0.2) is 4.99 Å². The third-order valence-electron chi connectivity index (χ3n) is 1.22. The number of carboxylic acid groups (broad SMARTS) is 1. The van der Waals surface area contributed by atoms with Gasteiger partial charge in [-0.2, -0.15) is 0 Å². The van der Waals surface area contributed by atoms with Crippen LogP contribution in [0.5, 0.6) is 0 Å². The highest BCUT2D eigenvalue weighted by atomic mass is 16.4. The van der Waals surface area contributed by atoms with Crippen molar-refractivity contribution >= 4 is 12.3 Å². The number of nitrogens with two attached hydrogens (primary N) is 2. The van der Waals surface area contributed by atoms with Crippen LogP contribution in [0.1, 0.15) is 12.8 Å². The van der Waals surface area contributed by atoms with Gasteiger partial charge in [0.15, 0.2) is 0 Å². The second-order valence-electron chi connectivity index (χ2n) is 2.14. The minimum atomic E-state index is -0.971. The van der Waals surface area contributed by atoms with Crippen LogP contribution in [0.25, 0.3) is 0 Å². The average molecular weight is 159 g/mol. The van der Waals surface area contributed by atoms with Gasteiger partial charge in [0, 0.05) is 6.54 Å². The number of aliphatic imine (C=N–C) groups is 1. The highest BCUT2D eigenvalue weighted by Gasteiger charge is 2.09. The van der Waals surface area contributed by atoms with Gasteiger partial charge >= 0.3 is 5.97 Å². The van der Waals surface area contributed by atoms with Crippen LogP contribution in [0.4, 0.5) is 0 Å². The predicted octanol–water partition coefficient (Wildman–Crippen LogP) is -0.834. The molecule has 11 heavy (non-hydrogen) atoms. The minimum absolute atomic E-state index is 0.437. The van der Waals surface area contributed by atoms with Crippen LogP contribution in [0.3, 0.4) is 0 Å². The molecule has 0 bridgehead atoms. The zero-order valence-electron chi connectivity index (χ0n) is 6.23. The van der Waals surface area contributed by atoms with Gasteiger partial charge < -0.3 is 16.6 Å². The number of carboxylic acids is 1. The van der Waals surface area contributed by atoms with E-state index in [-0.39, 0.29) is 0 Å². The summed E-state index contributed by atoms with van der Waals surface area (Å²) in [6.07, 6.45) is 2.29. The van der Waals surface area contributed by atoms with E-state index in [0.29, 0.717) is 19.4 Å². The number of rotatable bonds is 5. The van der Waals surface area contributed by atoms with Crippen molar-refractivity contribution in [3.05, 3.63) is 0 Å². The summed E-state index contributed by atoms with van der Waals surface area (Å²) < 4.78 is 0. The largest absolute Gasteiger partial charge is 0.480 e. The van der Waals surface area contributed by atoms with E-state index in [1.807, 2.05) is 0 Å². The topological polar surface area (TPSA) is 102 Å². The normalized spacial score (nSPS) is 13.5. The molecule has 5 nitrogen and oxygen atoms in total. The van der Waals surface area contributed by atoms with Crippen LogP contribution >= 0.6 is 0 Å². The zero-order valence-corrected chi connectivity index (χ0v) is 6.23. The average Bonchev–Trinajstić information content (AvgIpc) is 1.97. The number of hydrogen-bond donors (Lipinski definition) is 3. The van der Waals surface area contributed by atoms with Gasteiger partial charge in [-0.15, -0.1) is 0 Å². The summed E-state index contributed by atoms with van der Waals surface area (Å²) in [7, 11) is 0. The van der Waals surface area contributed by atoms with Crippen LogP contribution in [0, 0.1) is 0 Å². The molecule has 5 heteroatoms. The third kappa shape index (κ3) is 5.35. The van der Waals surface area contributed by atoms with E-state index in [0.717, 1.165) is 0 Å². The molecule has 0 radical (unpaired) electrons. The number of aliphatic carboxylic acids is 1. The molecule has 0 saturated carbocycles. The van der Waals surface area contributed by atoms with Gasteiger partial charge in [0.1, 0.15) is 6.04 Å². The maximum Gasteiger partial charge on any atom is 0.320 e. The molecular weight excluding hydrogens is 146 g/mol. The fourth-order valence-electron chi connectivity index (χ4n) is 0.600. The predicted molar refractivity (Wildman–Crippen MR) is 42.4 cm³/mol. The van der Waals surface area contributed by atoms with E-state index in [4.69, 9.17) is 16.6 Å². The van der Waals surface area contributed by atoms with Crippen molar-refractivity contribution in [1.82, 2.24) is 0 Å². The molecule has 0 rings (SSSR count). The highest BCUT2D eigenvalue weighted by molar-refractivity contribution is 5.72. The molecule has 0 aromatic rings. The lowest BCUT2D eigenvalue weighted by Gasteiger charge is -2.02. The van der Waals surface area contributed by atoms with Gasteiger partial charge in [0.05, 0.1) is 6.34 Å². The molecule has 1 atom stereocenters. The van der Waals surface area contributed by atoms with Gasteiger partial charge in [-0.25, -0.2) is 0 Å². The van der Waals surface area contributed by atoms with Crippen molar-refractivity contribution < 1.29 is 9.90 Å². The number of hydrogen-bond acceptors (Lipinski definition) is 3. The molecule has 0 heterocycles. The first-order valence-electron chi connectivity index (χ1n) is 3.37. The van der Waals surface area contributed by atoms with E-state index in [1.165, 1.54) is 6.34 Å². The van der Waals surface area contributed by atoms with Gasteiger partial charge in [-0.05, 0) is 12.8 Å². The minimum Gasteiger partial charge on any atom is -0.480 e. The fraction of sp³-hybridized carbons (Fsp3) is 0.667. The van der Waals surface area contributed by atoms with Crippen molar-refractivity contribution in [1.29, 1.82) is 0 Å². The Morgan fingerprint density at radius 1 is 1.73 bits per heavy atom. The van der Waals surface area contributed by atoms with Gasteiger partial charge in [-0.3, -0.25) is 9.79 Å². The van der Waals surface area contributed by atoms with Crippen molar-refractivity contribution in [3.8, 4) is 0 Å². The van der Waals surface area contributed by atoms with Crippen molar-refractivity contribution in [2.24, 2.45) is 16.5 Å². The SMILES string of the molecule is NC=NCCC[C@H](N)C(=O)O. The Balaban J connectivity index is 3.31. The standard InChI is InChI=1S/C6H13N3O2/c7-4-9-3-1-2-5(8)6(10)11/h4-5H,1-3,8H2,(H2,7,9)(H,10,11)/t5-/m0/s1. The highest BCUT2D eigenvalue weighted by Crippen LogP contribution is 1.94. The van der Waals surface area contributed by atoms with Crippen molar-refractivity contribution in [2.45, 2.75) is 18.9 Å². The van der Waals surface area contributed by atoms with Crippen molar-refractivity contribution in [3.63, 3.8) is 0 Å². The molecule has 0 aromatic carbocycles. The second kappa shape index (κ2) is 5.67. The maximum atomic E-state index is 10.2. The summed E-state index contributed by atoms with van der Waals surface area (Å²) in [5, 5.41) is 8.35. The zero-order chi connectivity index (χ0) is 8.69. The summed E-state index contributed by atoms with van der Waals surface area (Å²) in [6, 6.07) is -0.775. The van der Waals surface area contributed by atoms with E-state index in [1.54, 1.807) is 0 Å².